The lowest BCUT2D eigenvalue weighted by Gasteiger charge is -2.36. The molecular weight excluding hydrogens is 410 g/mol. The lowest BCUT2D eigenvalue weighted by molar-refractivity contribution is 0.112. The maximum absolute atomic E-state index is 11.7. The summed E-state index contributed by atoms with van der Waals surface area (Å²) in [5.41, 5.74) is 4.75. The number of anilines is 1. The highest BCUT2D eigenvalue weighted by atomic mass is 32.2. The van der Waals surface area contributed by atoms with Crippen LogP contribution < -0.4 is 4.90 Å². The molecule has 2 heterocycles. The average molecular weight is 436 g/mol. The SMILES string of the molecule is CS(=O)(=O)c1ccc(-c2ncccc2CN2CCN(c3ccc(C=O)cc3)CC2)cc1. The normalized spacial score (nSPS) is 15.1. The third-order valence-corrected chi connectivity index (χ3v) is 6.74. The van der Waals surface area contributed by atoms with E-state index in [1.807, 2.05) is 42.5 Å². The number of carbonyl (C=O) groups excluding carboxylic acids is 1. The zero-order chi connectivity index (χ0) is 21.8. The van der Waals surface area contributed by atoms with Gasteiger partial charge in [0.2, 0.25) is 0 Å². The number of carbonyl (C=O) groups is 1. The molecule has 0 bridgehead atoms. The number of benzene rings is 2. The first-order valence-electron chi connectivity index (χ1n) is 10.2. The number of aromatic nitrogens is 1. The molecule has 2 aromatic carbocycles. The van der Waals surface area contributed by atoms with Gasteiger partial charge in [-0.1, -0.05) is 18.2 Å². The van der Waals surface area contributed by atoms with E-state index in [9.17, 15) is 13.2 Å². The second kappa shape index (κ2) is 8.99. The summed E-state index contributed by atoms with van der Waals surface area (Å²) in [6.45, 7) is 4.47. The lowest BCUT2D eigenvalue weighted by atomic mass is 10.1. The van der Waals surface area contributed by atoms with Crippen LogP contribution in [0.15, 0.2) is 71.8 Å². The van der Waals surface area contributed by atoms with Crippen molar-refractivity contribution >= 4 is 21.8 Å². The highest BCUT2D eigenvalue weighted by molar-refractivity contribution is 7.90. The summed E-state index contributed by atoms with van der Waals surface area (Å²) in [7, 11) is -3.22. The first-order chi connectivity index (χ1) is 14.9. The van der Waals surface area contributed by atoms with Gasteiger partial charge in [0.1, 0.15) is 6.29 Å². The summed E-state index contributed by atoms with van der Waals surface area (Å²) < 4.78 is 23.5. The minimum atomic E-state index is -3.22. The molecule has 1 fully saturated rings. The highest BCUT2D eigenvalue weighted by Crippen LogP contribution is 2.25. The van der Waals surface area contributed by atoms with Gasteiger partial charge in [-0.3, -0.25) is 14.7 Å². The molecule has 7 heteroatoms. The van der Waals surface area contributed by atoms with Gasteiger partial charge in [-0.05, 0) is 48.0 Å². The van der Waals surface area contributed by atoms with Gasteiger partial charge in [-0.25, -0.2) is 8.42 Å². The third kappa shape index (κ3) is 5.00. The van der Waals surface area contributed by atoms with Gasteiger partial charge < -0.3 is 4.90 Å². The number of hydrogen-bond donors (Lipinski definition) is 0. The molecule has 0 atom stereocenters. The number of piperazine rings is 1. The minimum absolute atomic E-state index is 0.311. The Morgan fingerprint density at radius 1 is 0.935 bits per heavy atom. The highest BCUT2D eigenvalue weighted by Gasteiger charge is 2.19. The molecule has 1 aromatic heterocycles. The molecule has 0 saturated carbocycles. The number of nitrogens with zero attached hydrogens (tertiary/aromatic N) is 3. The van der Waals surface area contributed by atoms with E-state index in [0.29, 0.717) is 10.5 Å². The number of pyridine rings is 1. The van der Waals surface area contributed by atoms with Gasteiger partial charge in [0.25, 0.3) is 0 Å². The Hall–Kier alpha value is -3.03. The summed E-state index contributed by atoms with van der Waals surface area (Å²) in [6.07, 6.45) is 3.84. The fourth-order valence-corrected chi connectivity index (χ4v) is 4.49. The zero-order valence-electron chi connectivity index (χ0n) is 17.4. The second-order valence-electron chi connectivity index (χ2n) is 7.78. The molecule has 31 heavy (non-hydrogen) atoms. The van der Waals surface area contributed by atoms with E-state index in [4.69, 9.17) is 0 Å². The van der Waals surface area contributed by atoms with Crippen LogP contribution in [0.1, 0.15) is 15.9 Å². The standard InChI is InChI=1S/C24H25N3O3S/c1-31(29,30)23-10-6-20(7-11-23)24-21(3-2-12-25-24)17-26-13-15-27(16-14-26)22-8-4-19(18-28)5-9-22/h2-12,18H,13-17H2,1H3. The molecule has 1 aliphatic rings. The van der Waals surface area contributed by atoms with Crippen molar-refractivity contribution < 1.29 is 13.2 Å². The Morgan fingerprint density at radius 2 is 1.61 bits per heavy atom. The molecular formula is C24H25N3O3S. The maximum Gasteiger partial charge on any atom is 0.175 e. The summed E-state index contributed by atoms with van der Waals surface area (Å²) in [6, 6.07) is 18.6. The van der Waals surface area contributed by atoms with Crippen LogP contribution in [-0.4, -0.2) is 57.0 Å². The molecule has 0 N–H and O–H groups in total. The van der Waals surface area contributed by atoms with Crippen molar-refractivity contribution in [2.24, 2.45) is 0 Å². The van der Waals surface area contributed by atoms with Crippen LogP contribution in [0, 0.1) is 0 Å². The Kier molecular flexibility index (Phi) is 6.15. The van der Waals surface area contributed by atoms with Crippen molar-refractivity contribution in [1.29, 1.82) is 0 Å². The lowest BCUT2D eigenvalue weighted by Crippen LogP contribution is -2.46. The fraction of sp³-hybridized carbons (Fsp3) is 0.250. The fourth-order valence-electron chi connectivity index (χ4n) is 3.85. The summed E-state index contributed by atoms with van der Waals surface area (Å²) in [4.78, 5) is 20.5. The molecule has 0 spiro atoms. The van der Waals surface area contributed by atoms with Gasteiger partial charge in [-0.15, -0.1) is 0 Å². The van der Waals surface area contributed by atoms with E-state index in [1.54, 1.807) is 18.3 Å². The molecule has 6 nitrogen and oxygen atoms in total. The van der Waals surface area contributed by atoms with Crippen molar-refractivity contribution in [2.45, 2.75) is 11.4 Å². The van der Waals surface area contributed by atoms with Gasteiger partial charge in [0.15, 0.2) is 9.84 Å². The quantitative estimate of drug-likeness (QED) is 0.554. The Balaban J connectivity index is 1.44. The average Bonchev–Trinajstić information content (AvgIpc) is 2.80. The monoisotopic (exact) mass is 435 g/mol. The smallest absolute Gasteiger partial charge is 0.175 e. The first-order valence-corrected chi connectivity index (χ1v) is 12.1. The van der Waals surface area contributed by atoms with Crippen LogP contribution in [-0.2, 0) is 16.4 Å². The molecule has 1 saturated heterocycles. The van der Waals surface area contributed by atoms with E-state index >= 15 is 0 Å². The van der Waals surface area contributed by atoms with Gasteiger partial charge in [0, 0.05) is 62.0 Å². The molecule has 0 radical (unpaired) electrons. The van der Waals surface area contributed by atoms with Crippen LogP contribution in [0.25, 0.3) is 11.3 Å². The van der Waals surface area contributed by atoms with E-state index < -0.39 is 9.84 Å². The Bertz CT molecular complexity index is 1150. The molecule has 0 amide bonds. The molecule has 4 rings (SSSR count). The second-order valence-corrected chi connectivity index (χ2v) is 9.80. The van der Waals surface area contributed by atoms with Crippen molar-refractivity contribution in [2.75, 3.05) is 37.3 Å². The van der Waals surface area contributed by atoms with Crippen molar-refractivity contribution in [1.82, 2.24) is 9.88 Å². The summed E-state index contributed by atoms with van der Waals surface area (Å²) in [5.74, 6) is 0. The first kappa shape index (κ1) is 21.2. The predicted molar refractivity (Wildman–Crippen MR) is 122 cm³/mol. The predicted octanol–water partition coefficient (Wildman–Crippen LogP) is 3.29. The summed E-state index contributed by atoms with van der Waals surface area (Å²) in [5, 5.41) is 0. The molecule has 0 unspecified atom stereocenters. The van der Waals surface area contributed by atoms with Crippen molar-refractivity contribution in [3.05, 3.63) is 78.0 Å². The largest absolute Gasteiger partial charge is 0.369 e. The van der Waals surface area contributed by atoms with Crippen LogP contribution in [0.3, 0.4) is 0 Å². The summed E-state index contributed by atoms with van der Waals surface area (Å²) >= 11 is 0. The Labute approximate surface area is 183 Å². The van der Waals surface area contributed by atoms with Gasteiger partial charge >= 0.3 is 0 Å². The van der Waals surface area contributed by atoms with Crippen LogP contribution >= 0.6 is 0 Å². The van der Waals surface area contributed by atoms with Gasteiger partial charge in [0.05, 0.1) is 10.6 Å². The van der Waals surface area contributed by atoms with Crippen LogP contribution in [0.2, 0.25) is 0 Å². The molecule has 1 aliphatic heterocycles. The van der Waals surface area contributed by atoms with E-state index in [2.05, 4.69) is 20.9 Å². The van der Waals surface area contributed by atoms with Crippen LogP contribution in [0.4, 0.5) is 5.69 Å². The molecule has 3 aromatic rings. The molecule has 0 aliphatic carbocycles. The number of rotatable bonds is 6. The van der Waals surface area contributed by atoms with Gasteiger partial charge in [-0.2, -0.15) is 0 Å². The molecule has 160 valence electrons. The van der Waals surface area contributed by atoms with Crippen molar-refractivity contribution in [3.63, 3.8) is 0 Å². The maximum atomic E-state index is 11.7. The number of sulfone groups is 1. The minimum Gasteiger partial charge on any atom is -0.369 e. The topological polar surface area (TPSA) is 70.6 Å². The number of aldehydes is 1. The van der Waals surface area contributed by atoms with Crippen LogP contribution in [0.5, 0.6) is 0 Å². The van der Waals surface area contributed by atoms with Crippen molar-refractivity contribution in [3.8, 4) is 11.3 Å². The third-order valence-electron chi connectivity index (χ3n) is 5.61. The number of hydrogen-bond acceptors (Lipinski definition) is 6. The zero-order valence-corrected chi connectivity index (χ0v) is 18.3. The van der Waals surface area contributed by atoms with E-state index in [-0.39, 0.29) is 0 Å². The van der Waals surface area contributed by atoms with E-state index in [1.165, 1.54) is 6.26 Å². The van der Waals surface area contributed by atoms with E-state index in [0.717, 1.165) is 61.5 Å². The Morgan fingerprint density at radius 3 is 2.23 bits per heavy atom.